The Morgan fingerprint density at radius 3 is 2.14 bits per heavy atom. The van der Waals surface area contributed by atoms with Gasteiger partial charge in [-0.25, -0.2) is 8.42 Å². The number of nitrogens with zero attached hydrogens (tertiary/aromatic N) is 2. The maximum absolute atomic E-state index is 13.2. The Balaban J connectivity index is 1.83. The topological polar surface area (TPSA) is 59.1 Å². The monoisotopic (exact) mass is 424 g/mol. The summed E-state index contributed by atoms with van der Waals surface area (Å²) < 4.78 is 38.4. The largest absolute Gasteiger partial charge is 0.495 e. The molecule has 6 nitrogen and oxygen atoms in total. The van der Waals surface area contributed by atoms with Crippen LogP contribution in [0.15, 0.2) is 35.2 Å². The maximum atomic E-state index is 13.2. The Bertz CT molecular complexity index is 970. The molecule has 0 amide bonds. The average molecular weight is 425 g/mol. The van der Waals surface area contributed by atoms with Gasteiger partial charge >= 0.3 is 0 Å². The minimum Gasteiger partial charge on any atom is -0.495 e. The van der Waals surface area contributed by atoms with Crippen molar-refractivity contribution in [1.29, 1.82) is 0 Å². The first-order valence-electron chi connectivity index (χ1n) is 9.02. The van der Waals surface area contributed by atoms with Crippen LogP contribution in [0, 0.1) is 13.8 Å². The van der Waals surface area contributed by atoms with E-state index in [0.29, 0.717) is 37.0 Å². The molecule has 1 saturated heterocycles. The molecule has 0 spiro atoms. The molecule has 0 aliphatic carbocycles. The van der Waals surface area contributed by atoms with Crippen LogP contribution in [0.2, 0.25) is 5.02 Å². The lowest BCUT2D eigenvalue weighted by Gasteiger charge is -2.36. The number of rotatable bonds is 5. The van der Waals surface area contributed by atoms with E-state index < -0.39 is 10.0 Å². The number of benzene rings is 2. The zero-order valence-electron chi connectivity index (χ0n) is 16.5. The molecule has 1 fully saturated rings. The Hall–Kier alpha value is -1.96. The molecule has 8 heteroatoms. The third-order valence-corrected chi connectivity index (χ3v) is 7.20. The highest BCUT2D eigenvalue weighted by atomic mass is 35.5. The number of hydrogen-bond donors (Lipinski definition) is 0. The predicted molar refractivity (Wildman–Crippen MR) is 111 cm³/mol. The number of sulfonamides is 1. The summed E-state index contributed by atoms with van der Waals surface area (Å²) in [5.74, 6) is 0.512. The van der Waals surface area contributed by atoms with Crippen molar-refractivity contribution in [2.75, 3.05) is 45.3 Å². The minimum atomic E-state index is -3.73. The fourth-order valence-electron chi connectivity index (χ4n) is 3.50. The highest BCUT2D eigenvalue weighted by Gasteiger charge is 2.32. The zero-order valence-corrected chi connectivity index (χ0v) is 18.1. The zero-order chi connectivity index (χ0) is 20.5. The first-order chi connectivity index (χ1) is 13.3. The second kappa shape index (κ2) is 8.19. The summed E-state index contributed by atoms with van der Waals surface area (Å²) >= 11 is 6.11. The summed E-state index contributed by atoms with van der Waals surface area (Å²) in [6.45, 7) is 6.17. The van der Waals surface area contributed by atoms with Gasteiger partial charge in [-0.1, -0.05) is 29.3 Å². The van der Waals surface area contributed by atoms with Crippen LogP contribution in [0.1, 0.15) is 11.1 Å². The third-order valence-electron chi connectivity index (χ3n) is 4.99. The number of piperazine rings is 1. The molecule has 0 saturated carbocycles. The van der Waals surface area contributed by atoms with Gasteiger partial charge in [0.05, 0.1) is 19.2 Å². The van der Waals surface area contributed by atoms with Crippen LogP contribution in [0.4, 0.5) is 5.69 Å². The Kier molecular flexibility index (Phi) is 6.07. The normalized spacial score (nSPS) is 15.5. The van der Waals surface area contributed by atoms with Crippen molar-refractivity contribution in [2.24, 2.45) is 0 Å². The molecule has 0 unspecified atom stereocenters. The quantitative estimate of drug-likeness (QED) is 0.735. The van der Waals surface area contributed by atoms with Crippen LogP contribution >= 0.6 is 11.6 Å². The van der Waals surface area contributed by atoms with E-state index in [1.807, 2.05) is 0 Å². The molecular formula is C20H25ClN2O4S. The van der Waals surface area contributed by atoms with Gasteiger partial charge in [-0.2, -0.15) is 4.31 Å². The second-order valence-electron chi connectivity index (χ2n) is 6.82. The maximum Gasteiger partial charge on any atom is 0.247 e. The summed E-state index contributed by atoms with van der Waals surface area (Å²) in [5, 5.41) is 0.304. The average Bonchev–Trinajstić information content (AvgIpc) is 2.67. The first kappa shape index (κ1) is 20.8. The molecule has 2 aromatic rings. The van der Waals surface area contributed by atoms with E-state index in [0.717, 1.165) is 5.69 Å². The van der Waals surface area contributed by atoms with Gasteiger partial charge in [0.25, 0.3) is 0 Å². The van der Waals surface area contributed by atoms with Crippen molar-refractivity contribution >= 4 is 27.3 Å². The third kappa shape index (κ3) is 3.92. The molecule has 0 aromatic heterocycles. The summed E-state index contributed by atoms with van der Waals surface area (Å²) in [4.78, 5) is 2.29. The lowest BCUT2D eigenvalue weighted by Crippen LogP contribution is -2.48. The molecule has 0 atom stereocenters. The molecule has 152 valence electrons. The summed E-state index contributed by atoms with van der Waals surface area (Å²) in [6, 6.07) is 9.22. The SMILES string of the molecule is COc1cc(S(=O)(=O)N2CCN(c3ccc(C)cc3C)CC2)c(OC)cc1Cl. The van der Waals surface area contributed by atoms with Crippen molar-refractivity contribution in [3.05, 3.63) is 46.5 Å². The lowest BCUT2D eigenvalue weighted by atomic mass is 10.1. The van der Waals surface area contributed by atoms with E-state index in [4.69, 9.17) is 21.1 Å². The number of ether oxygens (including phenoxy) is 2. The van der Waals surface area contributed by atoms with Crippen molar-refractivity contribution in [3.8, 4) is 11.5 Å². The molecule has 0 radical (unpaired) electrons. The van der Waals surface area contributed by atoms with E-state index in [1.54, 1.807) is 0 Å². The second-order valence-corrected chi connectivity index (χ2v) is 9.13. The van der Waals surface area contributed by atoms with Crippen molar-refractivity contribution in [2.45, 2.75) is 18.7 Å². The smallest absolute Gasteiger partial charge is 0.247 e. The Morgan fingerprint density at radius 1 is 0.929 bits per heavy atom. The van der Waals surface area contributed by atoms with Crippen LogP contribution in [0.3, 0.4) is 0 Å². The van der Waals surface area contributed by atoms with Gasteiger partial charge in [-0.15, -0.1) is 0 Å². The number of aryl methyl sites for hydroxylation is 2. The van der Waals surface area contributed by atoms with Gasteiger partial charge in [-0.3, -0.25) is 0 Å². The molecule has 0 bridgehead atoms. The van der Waals surface area contributed by atoms with E-state index in [1.165, 1.54) is 41.8 Å². The minimum absolute atomic E-state index is 0.0659. The summed E-state index contributed by atoms with van der Waals surface area (Å²) in [5.41, 5.74) is 3.56. The van der Waals surface area contributed by atoms with E-state index in [-0.39, 0.29) is 10.6 Å². The van der Waals surface area contributed by atoms with Crippen molar-refractivity contribution in [3.63, 3.8) is 0 Å². The fourth-order valence-corrected chi connectivity index (χ4v) is 5.31. The van der Waals surface area contributed by atoms with Gasteiger partial charge in [0.2, 0.25) is 10.0 Å². The van der Waals surface area contributed by atoms with Crippen molar-refractivity contribution in [1.82, 2.24) is 4.31 Å². The number of methoxy groups -OCH3 is 2. The highest BCUT2D eigenvalue weighted by molar-refractivity contribution is 7.89. The van der Waals surface area contributed by atoms with E-state index in [9.17, 15) is 8.42 Å². The molecule has 1 heterocycles. The molecule has 1 aliphatic rings. The van der Waals surface area contributed by atoms with Crippen LogP contribution in [-0.4, -0.2) is 53.1 Å². The number of anilines is 1. The van der Waals surface area contributed by atoms with Crippen molar-refractivity contribution < 1.29 is 17.9 Å². The molecule has 2 aromatic carbocycles. The molecule has 0 N–H and O–H groups in total. The van der Waals surface area contributed by atoms with Crippen LogP contribution in [0.25, 0.3) is 0 Å². The van der Waals surface area contributed by atoms with Crippen LogP contribution in [-0.2, 0) is 10.0 Å². The van der Waals surface area contributed by atoms with Crippen LogP contribution in [0.5, 0.6) is 11.5 Å². The summed E-state index contributed by atoms with van der Waals surface area (Å²) in [6.07, 6.45) is 0. The van der Waals surface area contributed by atoms with Gasteiger partial charge in [0.15, 0.2) is 0 Å². The van der Waals surface area contributed by atoms with E-state index >= 15 is 0 Å². The fraction of sp³-hybridized carbons (Fsp3) is 0.400. The molecular weight excluding hydrogens is 400 g/mol. The highest BCUT2D eigenvalue weighted by Crippen LogP contribution is 2.36. The first-order valence-corrected chi connectivity index (χ1v) is 10.8. The molecule has 1 aliphatic heterocycles. The van der Waals surface area contributed by atoms with Gasteiger partial charge in [0, 0.05) is 44.0 Å². The van der Waals surface area contributed by atoms with Gasteiger partial charge in [-0.05, 0) is 25.5 Å². The van der Waals surface area contributed by atoms with Gasteiger partial charge in [0.1, 0.15) is 16.4 Å². The van der Waals surface area contributed by atoms with Crippen LogP contribution < -0.4 is 14.4 Å². The number of hydrogen-bond acceptors (Lipinski definition) is 5. The predicted octanol–water partition coefficient (Wildman–Crippen LogP) is 3.48. The standard InChI is InChI=1S/C20H25ClN2O4S/c1-14-5-6-17(15(2)11-14)22-7-9-23(10-8-22)28(24,25)20-13-18(26-3)16(21)12-19(20)27-4/h5-6,11-13H,7-10H2,1-4H3. The molecule has 28 heavy (non-hydrogen) atoms. The molecule has 3 rings (SSSR count). The van der Waals surface area contributed by atoms with E-state index in [2.05, 4.69) is 36.9 Å². The number of halogens is 1. The van der Waals surface area contributed by atoms with Gasteiger partial charge < -0.3 is 14.4 Å². The Labute approximate surface area is 171 Å². The summed E-state index contributed by atoms with van der Waals surface area (Å²) in [7, 11) is -0.857. The lowest BCUT2D eigenvalue weighted by molar-refractivity contribution is 0.371. The Morgan fingerprint density at radius 2 is 1.57 bits per heavy atom.